The van der Waals surface area contributed by atoms with Crippen LogP contribution in [0.4, 0.5) is 17.2 Å². The summed E-state index contributed by atoms with van der Waals surface area (Å²) >= 11 is 0. The van der Waals surface area contributed by atoms with E-state index in [-0.39, 0.29) is 11.5 Å². The lowest BCUT2D eigenvalue weighted by Crippen LogP contribution is -2.00. The van der Waals surface area contributed by atoms with E-state index in [4.69, 9.17) is 0 Å². The van der Waals surface area contributed by atoms with E-state index in [0.29, 0.717) is 0 Å². The van der Waals surface area contributed by atoms with Gasteiger partial charge in [-0.1, -0.05) is 18.2 Å². The number of benzene rings is 1. The molecular formula is C12H11N3O2. The molecule has 1 aromatic carbocycles. The van der Waals surface area contributed by atoms with Crippen molar-refractivity contribution in [3.05, 3.63) is 58.3 Å². The predicted octanol–water partition coefficient (Wildman–Crippen LogP) is 3.04. The standard InChI is InChI=1S/C12H11N3O2/c1-9-7-8-11(15(16)17)12(13-9)14-10-5-3-2-4-6-10/h2-8H,1H3,(H,13,14). The van der Waals surface area contributed by atoms with E-state index >= 15 is 0 Å². The number of nitro groups is 1. The molecule has 0 unspecified atom stereocenters. The van der Waals surface area contributed by atoms with Crippen molar-refractivity contribution in [1.29, 1.82) is 0 Å². The number of aromatic nitrogens is 1. The number of nitrogens with zero attached hydrogens (tertiary/aromatic N) is 2. The normalized spacial score (nSPS) is 9.94. The lowest BCUT2D eigenvalue weighted by atomic mass is 10.3. The number of para-hydroxylation sites is 1. The zero-order valence-corrected chi connectivity index (χ0v) is 9.25. The molecule has 1 N–H and O–H groups in total. The summed E-state index contributed by atoms with van der Waals surface area (Å²) in [6, 6.07) is 12.3. The quantitative estimate of drug-likeness (QED) is 0.648. The molecule has 0 saturated heterocycles. The second-order valence-electron chi connectivity index (χ2n) is 3.57. The fraction of sp³-hybridized carbons (Fsp3) is 0.0833. The van der Waals surface area contributed by atoms with E-state index in [2.05, 4.69) is 10.3 Å². The lowest BCUT2D eigenvalue weighted by Gasteiger charge is -2.06. The number of anilines is 2. The van der Waals surface area contributed by atoms with Crippen LogP contribution in [0.1, 0.15) is 5.69 Å². The first-order chi connectivity index (χ1) is 8.16. The Hall–Kier alpha value is -2.43. The Kier molecular flexibility index (Phi) is 3.00. The minimum Gasteiger partial charge on any atom is -0.334 e. The average Bonchev–Trinajstić information content (AvgIpc) is 2.30. The van der Waals surface area contributed by atoms with E-state index in [1.165, 1.54) is 6.07 Å². The first-order valence-electron chi connectivity index (χ1n) is 5.11. The second-order valence-corrected chi connectivity index (χ2v) is 3.57. The Morgan fingerprint density at radius 3 is 2.53 bits per heavy atom. The molecule has 1 aromatic heterocycles. The maximum atomic E-state index is 10.8. The van der Waals surface area contributed by atoms with E-state index in [1.807, 2.05) is 30.3 Å². The average molecular weight is 229 g/mol. The summed E-state index contributed by atoms with van der Waals surface area (Å²) in [6.45, 7) is 1.79. The van der Waals surface area contributed by atoms with Gasteiger partial charge in [0.05, 0.1) is 4.92 Å². The highest BCUT2D eigenvalue weighted by Gasteiger charge is 2.14. The van der Waals surface area contributed by atoms with Gasteiger partial charge in [-0.25, -0.2) is 4.98 Å². The van der Waals surface area contributed by atoms with Crippen LogP contribution >= 0.6 is 0 Å². The number of pyridine rings is 1. The molecule has 0 bridgehead atoms. The molecule has 0 spiro atoms. The van der Waals surface area contributed by atoms with Gasteiger partial charge in [0.25, 0.3) is 0 Å². The maximum absolute atomic E-state index is 10.8. The van der Waals surface area contributed by atoms with Crippen molar-refractivity contribution in [2.75, 3.05) is 5.32 Å². The minimum absolute atomic E-state index is 0.0283. The summed E-state index contributed by atoms with van der Waals surface area (Å²) in [5.41, 5.74) is 1.47. The fourth-order valence-electron chi connectivity index (χ4n) is 1.45. The zero-order chi connectivity index (χ0) is 12.3. The number of hydrogen-bond acceptors (Lipinski definition) is 4. The van der Waals surface area contributed by atoms with Crippen molar-refractivity contribution in [2.45, 2.75) is 6.92 Å². The summed E-state index contributed by atoms with van der Waals surface area (Å²) < 4.78 is 0. The number of rotatable bonds is 3. The van der Waals surface area contributed by atoms with Crippen molar-refractivity contribution < 1.29 is 4.92 Å². The first-order valence-corrected chi connectivity index (χ1v) is 5.11. The van der Waals surface area contributed by atoms with E-state index < -0.39 is 4.92 Å². The topological polar surface area (TPSA) is 68.1 Å². The van der Waals surface area contributed by atoms with Gasteiger partial charge in [0.1, 0.15) is 0 Å². The van der Waals surface area contributed by atoms with Crippen LogP contribution in [0.25, 0.3) is 0 Å². The first kappa shape index (κ1) is 11.1. The van der Waals surface area contributed by atoms with Crippen molar-refractivity contribution in [3.8, 4) is 0 Å². The molecule has 0 amide bonds. The summed E-state index contributed by atoms with van der Waals surface area (Å²) in [7, 11) is 0. The number of aryl methyl sites for hydroxylation is 1. The van der Waals surface area contributed by atoms with E-state index in [9.17, 15) is 10.1 Å². The molecule has 5 nitrogen and oxygen atoms in total. The van der Waals surface area contributed by atoms with Crippen LogP contribution in [0.2, 0.25) is 0 Å². The molecule has 5 heteroatoms. The van der Waals surface area contributed by atoms with Crippen molar-refractivity contribution in [2.24, 2.45) is 0 Å². The van der Waals surface area contributed by atoms with Crippen LogP contribution in [-0.4, -0.2) is 9.91 Å². The fourth-order valence-corrected chi connectivity index (χ4v) is 1.45. The molecule has 0 aliphatic rings. The van der Waals surface area contributed by atoms with Crippen LogP contribution < -0.4 is 5.32 Å². The van der Waals surface area contributed by atoms with Crippen molar-refractivity contribution >= 4 is 17.2 Å². The molecule has 2 aromatic rings. The van der Waals surface area contributed by atoms with Gasteiger partial charge < -0.3 is 5.32 Å². The van der Waals surface area contributed by atoms with Crippen LogP contribution in [0.3, 0.4) is 0 Å². The molecule has 0 fully saturated rings. The lowest BCUT2D eigenvalue weighted by molar-refractivity contribution is -0.384. The molecule has 86 valence electrons. The van der Waals surface area contributed by atoms with Crippen LogP contribution in [0.15, 0.2) is 42.5 Å². The third-order valence-electron chi connectivity index (χ3n) is 2.25. The minimum atomic E-state index is -0.447. The zero-order valence-electron chi connectivity index (χ0n) is 9.25. The third-order valence-corrected chi connectivity index (χ3v) is 2.25. The van der Waals surface area contributed by atoms with Crippen LogP contribution in [0.5, 0.6) is 0 Å². The molecule has 0 saturated carbocycles. The Bertz CT molecular complexity index is 541. The molecule has 17 heavy (non-hydrogen) atoms. The van der Waals surface area contributed by atoms with E-state index in [0.717, 1.165) is 11.4 Å². The van der Waals surface area contributed by atoms with Gasteiger partial charge in [0.2, 0.25) is 5.82 Å². The van der Waals surface area contributed by atoms with Crippen molar-refractivity contribution in [3.63, 3.8) is 0 Å². The van der Waals surface area contributed by atoms with Gasteiger partial charge in [0, 0.05) is 17.4 Å². The Morgan fingerprint density at radius 2 is 1.88 bits per heavy atom. The van der Waals surface area contributed by atoms with Gasteiger partial charge in [-0.3, -0.25) is 10.1 Å². The summed E-state index contributed by atoms with van der Waals surface area (Å²) in [5, 5.41) is 13.8. The molecule has 0 radical (unpaired) electrons. The highest BCUT2D eigenvalue weighted by molar-refractivity contribution is 5.65. The van der Waals surface area contributed by atoms with Gasteiger partial charge >= 0.3 is 5.69 Å². The van der Waals surface area contributed by atoms with E-state index in [1.54, 1.807) is 13.0 Å². The summed E-state index contributed by atoms with van der Waals surface area (Å²) in [5.74, 6) is 0.265. The molecule has 0 aliphatic carbocycles. The molecule has 1 heterocycles. The smallest absolute Gasteiger partial charge is 0.311 e. The monoisotopic (exact) mass is 229 g/mol. The van der Waals surface area contributed by atoms with Gasteiger partial charge in [-0.05, 0) is 25.1 Å². The third kappa shape index (κ3) is 2.57. The van der Waals surface area contributed by atoms with Gasteiger partial charge in [0.15, 0.2) is 0 Å². The summed E-state index contributed by atoms with van der Waals surface area (Å²) in [4.78, 5) is 14.5. The maximum Gasteiger partial charge on any atom is 0.311 e. The van der Waals surface area contributed by atoms with Crippen LogP contribution in [0, 0.1) is 17.0 Å². The highest BCUT2D eigenvalue weighted by Crippen LogP contribution is 2.25. The molecule has 0 aliphatic heterocycles. The Balaban J connectivity index is 2.37. The second kappa shape index (κ2) is 4.61. The number of nitrogens with one attached hydrogen (secondary N) is 1. The highest BCUT2D eigenvalue weighted by atomic mass is 16.6. The van der Waals surface area contributed by atoms with Gasteiger partial charge in [-0.2, -0.15) is 0 Å². The van der Waals surface area contributed by atoms with Crippen molar-refractivity contribution in [1.82, 2.24) is 4.98 Å². The SMILES string of the molecule is Cc1ccc([N+](=O)[O-])c(Nc2ccccc2)n1. The molecular weight excluding hydrogens is 218 g/mol. The molecule has 2 rings (SSSR count). The summed E-state index contributed by atoms with van der Waals surface area (Å²) in [6.07, 6.45) is 0. The van der Waals surface area contributed by atoms with Gasteiger partial charge in [-0.15, -0.1) is 0 Å². The Labute approximate surface area is 98.3 Å². The number of hydrogen-bond donors (Lipinski definition) is 1. The largest absolute Gasteiger partial charge is 0.334 e. The molecule has 0 atom stereocenters. The van der Waals surface area contributed by atoms with Crippen LogP contribution in [-0.2, 0) is 0 Å². The Morgan fingerprint density at radius 1 is 1.18 bits per heavy atom. The predicted molar refractivity (Wildman–Crippen MR) is 65.4 cm³/mol.